The normalized spacial score (nSPS) is 15.5. The van der Waals surface area contributed by atoms with Crippen LogP contribution >= 0.6 is 0 Å². The average Bonchev–Trinajstić information content (AvgIpc) is 2.63. The molecule has 0 aliphatic carbocycles. The minimum atomic E-state index is -0.310. The summed E-state index contributed by atoms with van der Waals surface area (Å²) in [6.07, 6.45) is 1.07. The van der Waals surface area contributed by atoms with Gasteiger partial charge in [0.2, 0.25) is 0 Å². The third-order valence-corrected chi connectivity index (χ3v) is 4.73. The summed E-state index contributed by atoms with van der Waals surface area (Å²) in [5, 5.41) is 0. The zero-order valence-electron chi connectivity index (χ0n) is 14.1. The van der Waals surface area contributed by atoms with Crippen molar-refractivity contribution >= 4 is 5.91 Å². The van der Waals surface area contributed by atoms with E-state index in [1.54, 1.807) is 12.1 Å². The lowest BCUT2D eigenvalue weighted by Gasteiger charge is -2.32. The van der Waals surface area contributed by atoms with Gasteiger partial charge in [-0.15, -0.1) is 0 Å². The smallest absolute Gasteiger partial charge is 0.254 e. The minimum Gasteiger partial charge on any atom is -0.328 e. The number of carbonyl (C=O) groups excluding carboxylic acids is 1. The molecule has 1 N–H and O–H groups in total. The Bertz CT molecular complexity index is 674. The minimum absolute atomic E-state index is 0.00125. The van der Waals surface area contributed by atoms with Crippen molar-refractivity contribution in [3.63, 3.8) is 0 Å². The molecule has 1 saturated heterocycles. The lowest BCUT2D eigenvalue weighted by molar-refractivity contribution is -0.917. The highest BCUT2D eigenvalue weighted by Gasteiger charge is 2.24. The number of rotatable bonds is 4. The van der Waals surface area contributed by atoms with Crippen molar-refractivity contribution in [1.82, 2.24) is 4.90 Å². The van der Waals surface area contributed by atoms with Crippen LogP contribution in [-0.2, 0) is 13.0 Å². The molecule has 4 heteroatoms. The molecule has 0 saturated carbocycles. The first kappa shape index (κ1) is 16.7. The van der Waals surface area contributed by atoms with Gasteiger partial charge in [0.15, 0.2) is 0 Å². The first-order valence-corrected chi connectivity index (χ1v) is 8.62. The van der Waals surface area contributed by atoms with E-state index in [1.807, 2.05) is 4.90 Å². The summed E-state index contributed by atoms with van der Waals surface area (Å²) in [6.45, 7) is 6.56. The van der Waals surface area contributed by atoms with Crippen LogP contribution in [0, 0.1) is 5.82 Å². The van der Waals surface area contributed by atoms with E-state index in [0.717, 1.165) is 39.1 Å². The molecule has 1 aliphatic rings. The van der Waals surface area contributed by atoms with Crippen LogP contribution in [0.25, 0.3) is 0 Å². The highest BCUT2D eigenvalue weighted by atomic mass is 19.1. The van der Waals surface area contributed by atoms with Crippen LogP contribution in [0.4, 0.5) is 4.39 Å². The van der Waals surface area contributed by atoms with Crippen molar-refractivity contribution in [3.8, 4) is 0 Å². The van der Waals surface area contributed by atoms with Gasteiger partial charge in [-0.1, -0.05) is 31.2 Å². The van der Waals surface area contributed by atoms with Gasteiger partial charge in [-0.3, -0.25) is 4.79 Å². The number of piperazine rings is 1. The lowest BCUT2D eigenvalue weighted by atomic mass is 10.1. The number of quaternary nitrogens is 1. The zero-order chi connectivity index (χ0) is 16.9. The third kappa shape index (κ3) is 4.01. The molecule has 3 rings (SSSR count). The molecule has 0 bridgehead atoms. The first-order valence-electron chi connectivity index (χ1n) is 8.62. The summed E-state index contributed by atoms with van der Waals surface area (Å²) in [5.41, 5.74) is 3.28. The van der Waals surface area contributed by atoms with Crippen molar-refractivity contribution in [3.05, 3.63) is 71.0 Å². The Balaban J connectivity index is 1.53. The summed E-state index contributed by atoms with van der Waals surface area (Å²) in [4.78, 5) is 15.8. The van der Waals surface area contributed by atoms with Gasteiger partial charge in [-0.25, -0.2) is 4.39 Å². The van der Waals surface area contributed by atoms with Crippen LogP contribution < -0.4 is 4.90 Å². The van der Waals surface area contributed by atoms with Crippen LogP contribution in [0.5, 0.6) is 0 Å². The number of aryl methyl sites for hydroxylation is 1. The lowest BCUT2D eigenvalue weighted by Crippen LogP contribution is -3.13. The van der Waals surface area contributed by atoms with E-state index >= 15 is 0 Å². The van der Waals surface area contributed by atoms with E-state index in [0.29, 0.717) is 5.56 Å². The third-order valence-electron chi connectivity index (χ3n) is 4.73. The fourth-order valence-corrected chi connectivity index (χ4v) is 3.16. The molecule has 24 heavy (non-hydrogen) atoms. The second-order valence-corrected chi connectivity index (χ2v) is 6.40. The molecule has 1 amide bonds. The largest absolute Gasteiger partial charge is 0.328 e. The van der Waals surface area contributed by atoms with Gasteiger partial charge in [-0.2, -0.15) is 0 Å². The van der Waals surface area contributed by atoms with E-state index < -0.39 is 0 Å². The number of benzene rings is 2. The van der Waals surface area contributed by atoms with E-state index in [-0.39, 0.29) is 11.7 Å². The van der Waals surface area contributed by atoms with Gasteiger partial charge in [0, 0.05) is 11.1 Å². The fraction of sp³-hybridized carbons (Fsp3) is 0.350. The predicted molar refractivity (Wildman–Crippen MR) is 92.5 cm³/mol. The second-order valence-electron chi connectivity index (χ2n) is 6.40. The molecule has 1 heterocycles. The molecule has 2 aromatic rings. The molecule has 0 spiro atoms. The van der Waals surface area contributed by atoms with E-state index in [9.17, 15) is 9.18 Å². The predicted octanol–water partition coefficient (Wildman–Crippen LogP) is 1.93. The highest BCUT2D eigenvalue weighted by Crippen LogP contribution is 2.08. The topological polar surface area (TPSA) is 24.8 Å². The second kappa shape index (κ2) is 7.58. The van der Waals surface area contributed by atoms with E-state index in [2.05, 4.69) is 31.2 Å². The molecule has 0 aromatic heterocycles. The van der Waals surface area contributed by atoms with Gasteiger partial charge < -0.3 is 9.80 Å². The molecule has 126 valence electrons. The zero-order valence-corrected chi connectivity index (χ0v) is 14.1. The number of carbonyl (C=O) groups is 1. The number of hydrogen-bond acceptors (Lipinski definition) is 1. The van der Waals surface area contributed by atoms with Crippen molar-refractivity contribution in [2.24, 2.45) is 0 Å². The van der Waals surface area contributed by atoms with Crippen LogP contribution in [0.15, 0.2) is 48.5 Å². The number of amides is 1. The summed E-state index contributed by atoms with van der Waals surface area (Å²) in [6, 6.07) is 14.6. The maximum atomic E-state index is 13.0. The van der Waals surface area contributed by atoms with Gasteiger partial charge >= 0.3 is 0 Å². The Hall–Kier alpha value is -2.20. The Kier molecular flexibility index (Phi) is 5.26. The molecule has 0 radical (unpaired) electrons. The summed E-state index contributed by atoms with van der Waals surface area (Å²) < 4.78 is 13.0. The molecule has 1 aliphatic heterocycles. The Labute approximate surface area is 142 Å². The number of nitrogens with zero attached hydrogens (tertiary/aromatic N) is 1. The van der Waals surface area contributed by atoms with Crippen molar-refractivity contribution in [2.75, 3.05) is 26.2 Å². The molecule has 1 fully saturated rings. The molecule has 0 atom stereocenters. The fourth-order valence-electron chi connectivity index (χ4n) is 3.16. The number of hydrogen-bond donors (Lipinski definition) is 1. The number of halogens is 1. The maximum Gasteiger partial charge on any atom is 0.254 e. The molecule has 3 nitrogen and oxygen atoms in total. The van der Waals surface area contributed by atoms with Gasteiger partial charge in [-0.05, 0) is 36.2 Å². The molecule has 0 unspecified atom stereocenters. The summed E-state index contributed by atoms with van der Waals surface area (Å²) >= 11 is 0. The maximum absolute atomic E-state index is 13.0. The number of nitrogens with one attached hydrogen (secondary N) is 1. The van der Waals surface area contributed by atoms with E-state index in [4.69, 9.17) is 0 Å². The Morgan fingerprint density at radius 1 is 1.00 bits per heavy atom. The van der Waals surface area contributed by atoms with Crippen LogP contribution in [0.1, 0.15) is 28.4 Å². The van der Waals surface area contributed by atoms with Crippen LogP contribution in [-0.4, -0.2) is 37.0 Å². The Morgan fingerprint density at radius 3 is 2.17 bits per heavy atom. The van der Waals surface area contributed by atoms with Crippen LogP contribution in [0.2, 0.25) is 0 Å². The summed E-state index contributed by atoms with van der Waals surface area (Å²) in [7, 11) is 0. The van der Waals surface area contributed by atoms with Crippen molar-refractivity contribution in [2.45, 2.75) is 19.9 Å². The quantitative estimate of drug-likeness (QED) is 0.912. The molecular weight excluding hydrogens is 303 g/mol. The summed E-state index contributed by atoms with van der Waals surface area (Å²) in [5.74, 6) is -0.309. The van der Waals surface area contributed by atoms with Crippen molar-refractivity contribution < 1.29 is 14.1 Å². The highest BCUT2D eigenvalue weighted by molar-refractivity contribution is 5.94. The van der Waals surface area contributed by atoms with Crippen LogP contribution in [0.3, 0.4) is 0 Å². The van der Waals surface area contributed by atoms with Gasteiger partial charge in [0.25, 0.3) is 5.91 Å². The Morgan fingerprint density at radius 2 is 1.58 bits per heavy atom. The molecular formula is C20H24FN2O+. The monoisotopic (exact) mass is 327 g/mol. The van der Waals surface area contributed by atoms with Gasteiger partial charge in [0.1, 0.15) is 12.4 Å². The van der Waals surface area contributed by atoms with Gasteiger partial charge in [0.05, 0.1) is 26.2 Å². The van der Waals surface area contributed by atoms with E-state index in [1.165, 1.54) is 28.2 Å². The molecule has 2 aromatic carbocycles. The average molecular weight is 327 g/mol. The SMILES string of the molecule is CCc1ccc(C[NH+]2CCN(C(=O)c3ccc(F)cc3)CC2)cc1. The first-order chi connectivity index (χ1) is 11.7. The van der Waals surface area contributed by atoms with Crippen molar-refractivity contribution in [1.29, 1.82) is 0 Å². The standard InChI is InChI=1S/C20H23FN2O/c1-2-16-3-5-17(6-4-16)15-22-11-13-23(14-12-22)20(24)18-7-9-19(21)10-8-18/h3-10H,2,11-15H2,1H3/p+1.